The van der Waals surface area contributed by atoms with Crippen molar-refractivity contribution in [3.63, 3.8) is 0 Å². The van der Waals surface area contributed by atoms with Gasteiger partial charge in [-0.3, -0.25) is 0 Å². The van der Waals surface area contributed by atoms with Gasteiger partial charge in [0.2, 0.25) is 0 Å². The Morgan fingerprint density at radius 3 is 1.67 bits per heavy atom. The molecule has 0 aromatic rings. The lowest BCUT2D eigenvalue weighted by atomic mass is 10.7. The SMILES string of the molecule is [B]S([B])(C)CC. The lowest BCUT2D eigenvalue weighted by molar-refractivity contribution is 1.52. The van der Waals surface area contributed by atoms with Gasteiger partial charge in [-0.25, -0.2) is 0 Å². The molecule has 0 spiro atoms. The first-order chi connectivity index (χ1) is 2.56. The molecule has 0 aliphatic carbocycles. The minimum absolute atomic E-state index is 0.910. The van der Waals surface area contributed by atoms with Gasteiger partial charge in [0.05, 0.1) is 0 Å². The summed E-state index contributed by atoms with van der Waals surface area (Å²) in [6.07, 6.45) is 1.88. The Bertz CT molecular complexity index is 38.5. The fraction of sp³-hybridized carbons (Fsp3) is 1.00. The van der Waals surface area contributed by atoms with Gasteiger partial charge >= 0.3 is 0 Å². The van der Waals surface area contributed by atoms with E-state index in [1.54, 1.807) is 0 Å². The molecule has 6 heavy (non-hydrogen) atoms. The summed E-state index contributed by atoms with van der Waals surface area (Å²) < 4.78 is 0. The highest BCUT2D eigenvalue weighted by Crippen LogP contribution is 2.29. The Balaban J connectivity index is 3.17. The lowest BCUT2D eigenvalue weighted by Gasteiger charge is -2.22. The summed E-state index contributed by atoms with van der Waals surface area (Å²) in [6.45, 7) is 2.00. The van der Waals surface area contributed by atoms with Gasteiger partial charge in [0, 0.05) is 0 Å². The summed E-state index contributed by atoms with van der Waals surface area (Å²) in [7, 11) is 9.63. The van der Waals surface area contributed by atoms with E-state index in [1.807, 2.05) is 13.2 Å². The molecule has 0 heterocycles. The van der Waals surface area contributed by atoms with Crippen LogP contribution in [-0.2, 0) is 0 Å². The summed E-state index contributed by atoms with van der Waals surface area (Å²) in [5.41, 5.74) is 0. The predicted octanol–water partition coefficient (Wildman–Crippen LogP) is 0.608. The van der Waals surface area contributed by atoms with Crippen molar-refractivity contribution in [2.45, 2.75) is 6.92 Å². The first-order valence-corrected chi connectivity index (χ1v) is 4.21. The molecule has 0 saturated heterocycles. The van der Waals surface area contributed by atoms with Crippen molar-refractivity contribution in [3.05, 3.63) is 0 Å². The summed E-state index contributed by atoms with van der Waals surface area (Å²) in [4.78, 5) is 0. The maximum absolute atomic E-state index is 5.40. The summed E-state index contributed by atoms with van der Waals surface area (Å²) in [5, 5.41) is 0. The molecular weight excluding hydrogens is 89.7 g/mol. The van der Waals surface area contributed by atoms with Crippen molar-refractivity contribution in [2.24, 2.45) is 0 Å². The van der Waals surface area contributed by atoms with Crippen LogP contribution < -0.4 is 0 Å². The molecule has 0 aliphatic heterocycles. The average Bonchev–Trinajstić information content (AvgIpc) is 1.35. The highest BCUT2D eigenvalue weighted by atomic mass is 32.3. The Labute approximate surface area is 43.6 Å². The van der Waals surface area contributed by atoms with E-state index in [0.717, 1.165) is 5.75 Å². The van der Waals surface area contributed by atoms with Crippen LogP contribution in [0.15, 0.2) is 0 Å². The van der Waals surface area contributed by atoms with Crippen molar-refractivity contribution < 1.29 is 0 Å². The molecule has 4 radical (unpaired) electrons. The second-order valence-electron chi connectivity index (χ2n) is 1.52. The van der Waals surface area contributed by atoms with Gasteiger partial charge in [-0.15, -0.1) is 0 Å². The fourth-order valence-corrected chi connectivity index (χ4v) is 0. The topological polar surface area (TPSA) is 0 Å². The van der Waals surface area contributed by atoms with E-state index in [4.69, 9.17) is 14.2 Å². The zero-order valence-corrected chi connectivity index (χ0v) is 5.09. The third-order valence-electron chi connectivity index (χ3n) is 0.622. The van der Waals surface area contributed by atoms with Gasteiger partial charge in [0.15, 0.2) is 0 Å². The van der Waals surface area contributed by atoms with E-state index in [-0.39, 0.29) is 0 Å². The first-order valence-electron chi connectivity index (χ1n) is 1.88. The van der Waals surface area contributed by atoms with Crippen LogP contribution in [0, 0.1) is 0 Å². The van der Waals surface area contributed by atoms with Crippen LogP contribution in [0.5, 0.6) is 0 Å². The molecule has 0 fully saturated rings. The minimum Gasteiger partial charge on any atom is -0.326 e. The second-order valence-corrected chi connectivity index (χ2v) is 4.55. The largest absolute Gasteiger partial charge is 0.326 e. The maximum atomic E-state index is 5.40. The number of hydrogen-bond donors (Lipinski definition) is 0. The van der Waals surface area contributed by atoms with Crippen molar-refractivity contribution in [1.29, 1.82) is 0 Å². The Kier molecular flexibility index (Phi) is 2.12. The number of rotatable bonds is 1. The van der Waals surface area contributed by atoms with E-state index in [0.29, 0.717) is 0 Å². The van der Waals surface area contributed by atoms with Gasteiger partial charge in [-0.1, -0.05) is 13.2 Å². The molecule has 0 aromatic carbocycles. The molecule has 3 heteroatoms. The number of hydrogen-bond acceptors (Lipinski definition) is 0. The summed E-state index contributed by atoms with van der Waals surface area (Å²) >= 11 is 0. The van der Waals surface area contributed by atoms with E-state index in [1.165, 1.54) is 0 Å². The molecule has 0 aliphatic rings. The molecule has 32 valence electrons. The molecule has 0 aromatic heterocycles. The second kappa shape index (κ2) is 1.97. The van der Waals surface area contributed by atoms with Crippen molar-refractivity contribution in [2.75, 3.05) is 12.0 Å². The van der Waals surface area contributed by atoms with Crippen LogP contribution in [0.25, 0.3) is 0 Å². The molecule has 0 unspecified atom stereocenters. The van der Waals surface area contributed by atoms with E-state index in [2.05, 4.69) is 0 Å². The molecule has 0 atom stereocenters. The normalized spacial score (nSPS) is 14.3. The lowest BCUT2D eigenvalue weighted by Crippen LogP contribution is -1.96. The van der Waals surface area contributed by atoms with Crippen molar-refractivity contribution >= 4 is 24.0 Å². The third-order valence-corrected chi connectivity index (χ3v) is 1.87. The zero-order valence-electron chi connectivity index (χ0n) is 4.27. The molecule has 0 bridgehead atoms. The van der Waals surface area contributed by atoms with Crippen LogP contribution in [0.2, 0.25) is 0 Å². The summed E-state index contributed by atoms with van der Waals surface area (Å²) in [6, 6.07) is 0. The first kappa shape index (κ1) is 6.48. The quantitative estimate of drug-likeness (QED) is 0.421. The van der Waals surface area contributed by atoms with Crippen LogP contribution in [0.1, 0.15) is 6.92 Å². The molecule has 0 nitrogen and oxygen atoms in total. The highest BCUT2D eigenvalue weighted by molar-refractivity contribution is 8.63. The van der Waals surface area contributed by atoms with Gasteiger partial charge in [0.1, 0.15) is 14.2 Å². The standard InChI is InChI=1S/C3H8B2S/c1-3-6(2,4)5/h3H2,1-2H3. The van der Waals surface area contributed by atoms with E-state index < -0.39 is 9.73 Å². The van der Waals surface area contributed by atoms with Crippen molar-refractivity contribution in [3.8, 4) is 0 Å². The molecule has 0 rings (SSSR count). The minimum atomic E-state index is -1.16. The Hall–Kier alpha value is 0.480. The van der Waals surface area contributed by atoms with Gasteiger partial charge in [0.25, 0.3) is 0 Å². The smallest absolute Gasteiger partial charge is 0.123 e. The van der Waals surface area contributed by atoms with Crippen LogP contribution in [-0.4, -0.2) is 26.3 Å². The third kappa shape index (κ3) is 4.48. The molecule has 0 N–H and O–H groups in total. The zero-order chi connectivity index (χ0) is 5.21. The fourth-order valence-electron chi connectivity index (χ4n) is 0. The highest BCUT2D eigenvalue weighted by Gasteiger charge is 1.95. The molecule has 0 saturated carbocycles. The van der Waals surface area contributed by atoms with Crippen LogP contribution in [0.3, 0.4) is 0 Å². The van der Waals surface area contributed by atoms with E-state index in [9.17, 15) is 0 Å². The molecule has 0 amide bonds. The molecular formula is C3H8B2S. The van der Waals surface area contributed by atoms with Crippen molar-refractivity contribution in [1.82, 2.24) is 0 Å². The average molecular weight is 97.8 g/mol. The van der Waals surface area contributed by atoms with E-state index >= 15 is 0 Å². The Morgan fingerprint density at radius 1 is 1.50 bits per heavy atom. The van der Waals surface area contributed by atoms with Gasteiger partial charge in [-0.05, 0) is 5.75 Å². The Morgan fingerprint density at radius 2 is 1.67 bits per heavy atom. The maximum Gasteiger partial charge on any atom is 0.123 e. The summed E-state index contributed by atoms with van der Waals surface area (Å²) in [5.74, 6) is 0.910. The van der Waals surface area contributed by atoms with Crippen LogP contribution >= 0.6 is 9.73 Å². The van der Waals surface area contributed by atoms with Gasteiger partial charge in [-0.2, -0.15) is 0 Å². The monoisotopic (exact) mass is 98.1 g/mol. The van der Waals surface area contributed by atoms with Gasteiger partial charge < -0.3 is 9.73 Å². The van der Waals surface area contributed by atoms with Crippen LogP contribution in [0.4, 0.5) is 0 Å². The predicted molar refractivity (Wildman–Crippen MR) is 35.6 cm³/mol.